The SMILES string of the molecule is CCN=C(C)N.CCNC(=O)C(C)C. The highest BCUT2D eigenvalue weighted by atomic mass is 16.1. The van der Waals surface area contributed by atoms with E-state index in [-0.39, 0.29) is 11.8 Å². The minimum Gasteiger partial charge on any atom is -0.388 e. The summed E-state index contributed by atoms with van der Waals surface area (Å²) in [6.07, 6.45) is 0. The Morgan fingerprint density at radius 3 is 2.00 bits per heavy atom. The molecule has 0 aliphatic rings. The minimum absolute atomic E-state index is 0.120. The average molecular weight is 201 g/mol. The highest BCUT2D eigenvalue weighted by Crippen LogP contribution is 1.88. The molecule has 0 saturated heterocycles. The van der Waals surface area contributed by atoms with Gasteiger partial charge in [0.1, 0.15) is 0 Å². The van der Waals surface area contributed by atoms with Gasteiger partial charge in [0.05, 0.1) is 5.84 Å². The molecule has 0 aliphatic heterocycles. The maximum Gasteiger partial charge on any atom is 0.222 e. The van der Waals surface area contributed by atoms with E-state index < -0.39 is 0 Å². The predicted molar refractivity (Wildman–Crippen MR) is 61.4 cm³/mol. The second kappa shape index (κ2) is 10.0. The summed E-state index contributed by atoms with van der Waals surface area (Å²) in [5.41, 5.74) is 5.15. The van der Waals surface area contributed by atoms with Crippen molar-refractivity contribution >= 4 is 11.7 Å². The molecule has 84 valence electrons. The van der Waals surface area contributed by atoms with Crippen LogP contribution in [0.25, 0.3) is 0 Å². The summed E-state index contributed by atoms with van der Waals surface area (Å²) in [7, 11) is 0. The largest absolute Gasteiger partial charge is 0.388 e. The first-order valence-corrected chi connectivity index (χ1v) is 4.99. The van der Waals surface area contributed by atoms with E-state index in [1.54, 1.807) is 6.92 Å². The van der Waals surface area contributed by atoms with Crippen LogP contribution in [0.1, 0.15) is 34.6 Å². The molecule has 0 unspecified atom stereocenters. The molecule has 0 aromatic carbocycles. The van der Waals surface area contributed by atoms with E-state index in [4.69, 9.17) is 5.73 Å². The zero-order chi connectivity index (χ0) is 11.6. The van der Waals surface area contributed by atoms with Gasteiger partial charge in [0.15, 0.2) is 0 Å². The van der Waals surface area contributed by atoms with E-state index in [9.17, 15) is 4.79 Å². The van der Waals surface area contributed by atoms with Gasteiger partial charge in [0, 0.05) is 19.0 Å². The maximum atomic E-state index is 10.6. The Kier molecular flexibility index (Phi) is 11.0. The lowest BCUT2D eigenvalue weighted by Crippen LogP contribution is -2.26. The average Bonchev–Trinajstić information content (AvgIpc) is 2.05. The molecule has 0 rings (SSSR count). The molecule has 1 amide bonds. The standard InChI is InChI=1S/C6H13NO.C4H10N2/c1-4-7-6(8)5(2)3;1-3-6-4(2)5/h5H,4H2,1-3H3,(H,7,8);3H2,1-2H3,(H2,5,6). The van der Waals surface area contributed by atoms with Gasteiger partial charge in [-0.1, -0.05) is 13.8 Å². The molecule has 0 heterocycles. The van der Waals surface area contributed by atoms with Crippen molar-refractivity contribution in [2.75, 3.05) is 13.1 Å². The molecular formula is C10H23N3O. The van der Waals surface area contributed by atoms with Crippen molar-refractivity contribution in [3.63, 3.8) is 0 Å². The fourth-order valence-corrected chi connectivity index (χ4v) is 0.628. The molecule has 0 bridgehead atoms. The number of amidine groups is 1. The van der Waals surface area contributed by atoms with Crippen molar-refractivity contribution in [3.05, 3.63) is 0 Å². The smallest absolute Gasteiger partial charge is 0.222 e. The van der Waals surface area contributed by atoms with E-state index >= 15 is 0 Å². The number of nitrogens with one attached hydrogen (secondary N) is 1. The van der Waals surface area contributed by atoms with Crippen molar-refractivity contribution in [1.82, 2.24) is 5.32 Å². The van der Waals surface area contributed by atoms with E-state index in [2.05, 4.69) is 10.3 Å². The van der Waals surface area contributed by atoms with Crippen LogP contribution in [0.3, 0.4) is 0 Å². The molecule has 0 atom stereocenters. The van der Waals surface area contributed by atoms with Crippen molar-refractivity contribution < 1.29 is 4.79 Å². The summed E-state index contributed by atoms with van der Waals surface area (Å²) in [5.74, 6) is 0.917. The fourth-order valence-electron chi connectivity index (χ4n) is 0.628. The topological polar surface area (TPSA) is 67.5 Å². The van der Waals surface area contributed by atoms with Gasteiger partial charge in [-0.05, 0) is 20.8 Å². The number of nitrogens with two attached hydrogens (primary N) is 1. The summed E-state index contributed by atoms with van der Waals surface area (Å²) in [6.45, 7) is 10.9. The van der Waals surface area contributed by atoms with Gasteiger partial charge in [0.2, 0.25) is 5.91 Å². The van der Waals surface area contributed by atoms with E-state index in [0.29, 0.717) is 5.84 Å². The van der Waals surface area contributed by atoms with Crippen LogP contribution in [-0.4, -0.2) is 24.8 Å². The number of amides is 1. The van der Waals surface area contributed by atoms with E-state index in [0.717, 1.165) is 13.1 Å². The lowest BCUT2D eigenvalue weighted by molar-refractivity contribution is -0.123. The molecular weight excluding hydrogens is 178 g/mol. The van der Waals surface area contributed by atoms with Crippen LogP contribution in [0, 0.1) is 5.92 Å². The predicted octanol–water partition coefficient (Wildman–Crippen LogP) is 1.16. The number of nitrogens with zero attached hydrogens (tertiary/aromatic N) is 1. The fraction of sp³-hybridized carbons (Fsp3) is 0.800. The number of carbonyl (C=O) groups is 1. The van der Waals surface area contributed by atoms with Crippen LogP contribution in [-0.2, 0) is 4.79 Å². The van der Waals surface area contributed by atoms with Crippen molar-refractivity contribution in [2.24, 2.45) is 16.6 Å². The molecule has 0 aromatic heterocycles. The third-order valence-electron chi connectivity index (χ3n) is 1.28. The van der Waals surface area contributed by atoms with Crippen molar-refractivity contribution in [3.8, 4) is 0 Å². The van der Waals surface area contributed by atoms with E-state index in [1.165, 1.54) is 0 Å². The third-order valence-corrected chi connectivity index (χ3v) is 1.28. The lowest BCUT2D eigenvalue weighted by Gasteiger charge is -2.02. The van der Waals surface area contributed by atoms with Crippen LogP contribution in [0.5, 0.6) is 0 Å². The summed E-state index contributed by atoms with van der Waals surface area (Å²) >= 11 is 0. The molecule has 0 spiro atoms. The van der Waals surface area contributed by atoms with Gasteiger partial charge in [-0.25, -0.2) is 0 Å². The Hall–Kier alpha value is -1.06. The van der Waals surface area contributed by atoms with Crippen molar-refractivity contribution in [2.45, 2.75) is 34.6 Å². The van der Waals surface area contributed by atoms with Crippen LogP contribution in [0.4, 0.5) is 0 Å². The third kappa shape index (κ3) is 13.5. The first-order valence-electron chi connectivity index (χ1n) is 4.99. The lowest BCUT2D eigenvalue weighted by atomic mass is 10.2. The summed E-state index contributed by atoms with van der Waals surface area (Å²) < 4.78 is 0. The Morgan fingerprint density at radius 2 is 1.93 bits per heavy atom. The molecule has 4 heteroatoms. The highest BCUT2D eigenvalue weighted by molar-refractivity contribution is 5.77. The van der Waals surface area contributed by atoms with Crippen LogP contribution >= 0.6 is 0 Å². The molecule has 4 nitrogen and oxygen atoms in total. The van der Waals surface area contributed by atoms with Gasteiger partial charge < -0.3 is 11.1 Å². The van der Waals surface area contributed by atoms with Gasteiger partial charge in [-0.3, -0.25) is 9.79 Å². The van der Waals surface area contributed by atoms with Gasteiger partial charge in [-0.2, -0.15) is 0 Å². The molecule has 0 radical (unpaired) electrons. The minimum atomic E-state index is 0.120. The summed E-state index contributed by atoms with van der Waals surface area (Å²) in [4.78, 5) is 14.5. The van der Waals surface area contributed by atoms with Crippen LogP contribution in [0.2, 0.25) is 0 Å². The first-order chi connectivity index (χ1) is 6.45. The Bertz CT molecular complexity index is 172. The number of hydrogen-bond donors (Lipinski definition) is 2. The number of rotatable bonds is 3. The van der Waals surface area contributed by atoms with Crippen LogP contribution in [0.15, 0.2) is 4.99 Å². The summed E-state index contributed by atoms with van der Waals surface area (Å²) in [5, 5.41) is 2.71. The van der Waals surface area contributed by atoms with Gasteiger partial charge >= 0.3 is 0 Å². The van der Waals surface area contributed by atoms with E-state index in [1.807, 2.05) is 27.7 Å². The molecule has 0 aliphatic carbocycles. The Labute approximate surface area is 87.0 Å². The molecule has 3 N–H and O–H groups in total. The second-order valence-corrected chi connectivity index (χ2v) is 3.17. The molecule has 0 aromatic rings. The number of hydrogen-bond acceptors (Lipinski definition) is 2. The highest BCUT2D eigenvalue weighted by Gasteiger charge is 2.02. The monoisotopic (exact) mass is 201 g/mol. The number of aliphatic imine (C=N–C) groups is 1. The second-order valence-electron chi connectivity index (χ2n) is 3.17. The summed E-state index contributed by atoms with van der Waals surface area (Å²) in [6, 6.07) is 0. The maximum absolute atomic E-state index is 10.6. The zero-order valence-corrected chi connectivity index (χ0v) is 9.92. The Balaban J connectivity index is 0. The number of carbonyl (C=O) groups excluding carboxylic acids is 1. The van der Waals surface area contributed by atoms with Gasteiger partial charge in [0.25, 0.3) is 0 Å². The Morgan fingerprint density at radius 1 is 1.43 bits per heavy atom. The molecule has 0 fully saturated rings. The zero-order valence-electron chi connectivity index (χ0n) is 9.92. The normalized spacial score (nSPS) is 10.6. The van der Waals surface area contributed by atoms with Crippen LogP contribution < -0.4 is 11.1 Å². The van der Waals surface area contributed by atoms with Crippen molar-refractivity contribution in [1.29, 1.82) is 0 Å². The first kappa shape index (κ1) is 15.4. The molecule has 14 heavy (non-hydrogen) atoms. The van der Waals surface area contributed by atoms with Gasteiger partial charge in [-0.15, -0.1) is 0 Å². The molecule has 0 saturated carbocycles. The quantitative estimate of drug-likeness (QED) is 0.531.